The minimum Gasteiger partial charge on any atom is -0.487 e. The van der Waals surface area contributed by atoms with Crippen LogP contribution in [0.25, 0.3) is 0 Å². The number of ether oxygens (including phenoxy) is 1. The Morgan fingerprint density at radius 1 is 1.30 bits per heavy atom. The topological polar surface area (TPSA) is 84.7 Å². The van der Waals surface area contributed by atoms with Gasteiger partial charge in [0.1, 0.15) is 11.9 Å². The molecule has 23 heavy (non-hydrogen) atoms. The van der Waals surface area contributed by atoms with E-state index >= 15 is 0 Å². The molecule has 2 amide bonds. The van der Waals surface area contributed by atoms with Crippen LogP contribution in [0, 0.1) is 11.6 Å². The maximum Gasteiger partial charge on any atom is 0.241 e. The Bertz CT molecular complexity index is 575. The Morgan fingerprint density at radius 3 is 2.61 bits per heavy atom. The van der Waals surface area contributed by atoms with Crippen LogP contribution in [0.1, 0.15) is 12.8 Å². The summed E-state index contributed by atoms with van der Waals surface area (Å²) in [4.78, 5) is 24.5. The van der Waals surface area contributed by atoms with Gasteiger partial charge in [0.2, 0.25) is 11.8 Å². The van der Waals surface area contributed by atoms with E-state index in [1.807, 2.05) is 0 Å². The second-order valence-electron chi connectivity index (χ2n) is 5.25. The molecular weight excluding hydrogens is 308 g/mol. The number of nitrogens with two attached hydrogens (primary N) is 1. The van der Waals surface area contributed by atoms with Crippen LogP contribution in [0.2, 0.25) is 0 Å². The first kappa shape index (κ1) is 17.1. The summed E-state index contributed by atoms with van der Waals surface area (Å²) in [6.07, 6.45) is 0.832. The van der Waals surface area contributed by atoms with Crippen LogP contribution in [-0.2, 0) is 9.59 Å². The van der Waals surface area contributed by atoms with E-state index in [-0.39, 0.29) is 36.8 Å². The number of nitrogens with one attached hydrogen (secondary N) is 1. The second-order valence-corrected chi connectivity index (χ2v) is 5.25. The average Bonchev–Trinajstić information content (AvgIpc) is 2.55. The summed E-state index contributed by atoms with van der Waals surface area (Å²) in [7, 11) is 0. The van der Waals surface area contributed by atoms with E-state index in [2.05, 4.69) is 5.32 Å². The van der Waals surface area contributed by atoms with Gasteiger partial charge in [0, 0.05) is 32.0 Å². The molecule has 0 atom stereocenters. The molecule has 1 aliphatic rings. The van der Waals surface area contributed by atoms with Gasteiger partial charge in [-0.05, 0) is 12.1 Å². The first-order valence-electron chi connectivity index (χ1n) is 7.36. The minimum atomic E-state index is -0.743. The number of hydrogen-bond acceptors (Lipinski definition) is 4. The van der Waals surface area contributed by atoms with E-state index in [4.69, 9.17) is 10.5 Å². The molecule has 0 bridgehead atoms. The van der Waals surface area contributed by atoms with Crippen LogP contribution in [0.5, 0.6) is 5.75 Å². The Morgan fingerprint density at radius 2 is 2.00 bits per heavy atom. The van der Waals surface area contributed by atoms with Gasteiger partial charge in [-0.3, -0.25) is 9.59 Å². The molecule has 1 aromatic carbocycles. The molecule has 1 heterocycles. The fourth-order valence-corrected chi connectivity index (χ4v) is 2.33. The predicted octanol–water partition coefficient (Wildman–Crippen LogP) is 0.409. The molecule has 2 rings (SSSR count). The van der Waals surface area contributed by atoms with Gasteiger partial charge in [0.25, 0.3) is 0 Å². The molecule has 6 nitrogen and oxygen atoms in total. The summed E-state index contributed by atoms with van der Waals surface area (Å²) >= 11 is 0. The minimum absolute atomic E-state index is 0.00591. The van der Waals surface area contributed by atoms with Gasteiger partial charge < -0.3 is 20.7 Å². The number of halogens is 2. The van der Waals surface area contributed by atoms with Crippen molar-refractivity contribution in [2.24, 2.45) is 5.73 Å². The van der Waals surface area contributed by atoms with Crippen LogP contribution < -0.4 is 15.8 Å². The summed E-state index contributed by atoms with van der Waals surface area (Å²) in [5, 5.41) is 2.42. The number of benzene rings is 1. The highest BCUT2D eigenvalue weighted by atomic mass is 19.1. The van der Waals surface area contributed by atoms with Gasteiger partial charge in [-0.25, -0.2) is 8.78 Å². The summed E-state index contributed by atoms with van der Waals surface area (Å²) in [6.45, 7) is 0.649. The highest BCUT2D eigenvalue weighted by Gasteiger charge is 2.24. The molecule has 1 aromatic rings. The fraction of sp³-hybridized carbons (Fsp3) is 0.467. The number of likely N-dealkylation sites (tertiary alicyclic amines) is 1. The molecule has 0 unspecified atom stereocenters. The first-order chi connectivity index (χ1) is 11.0. The van der Waals surface area contributed by atoms with Crippen LogP contribution in [0.4, 0.5) is 8.78 Å². The molecule has 8 heteroatoms. The lowest BCUT2D eigenvalue weighted by Gasteiger charge is -2.32. The third-order valence-corrected chi connectivity index (χ3v) is 3.60. The Balaban J connectivity index is 1.79. The third kappa shape index (κ3) is 4.88. The van der Waals surface area contributed by atoms with E-state index < -0.39 is 11.6 Å². The number of nitrogens with zero attached hydrogens (tertiary/aromatic N) is 1. The zero-order valence-electron chi connectivity index (χ0n) is 12.6. The lowest BCUT2D eigenvalue weighted by molar-refractivity contribution is -0.134. The van der Waals surface area contributed by atoms with Crippen molar-refractivity contribution in [1.82, 2.24) is 10.2 Å². The predicted molar refractivity (Wildman–Crippen MR) is 78.7 cm³/mol. The highest BCUT2D eigenvalue weighted by Crippen LogP contribution is 2.22. The van der Waals surface area contributed by atoms with Crippen molar-refractivity contribution in [3.8, 4) is 5.75 Å². The van der Waals surface area contributed by atoms with Gasteiger partial charge in [-0.15, -0.1) is 0 Å². The standard InChI is InChI=1S/C15H19F2N3O3/c16-10-1-2-13(12(17)7-10)23-11-3-5-20(6-4-11)15(22)9-19-14(21)8-18/h1-2,7,11H,3-6,8-9,18H2,(H,19,21). The average molecular weight is 327 g/mol. The van der Waals surface area contributed by atoms with Gasteiger partial charge in [-0.1, -0.05) is 0 Å². The van der Waals surface area contributed by atoms with Crippen LogP contribution in [0.15, 0.2) is 18.2 Å². The van der Waals surface area contributed by atoms with E-state index in [1.165, 1.54) is 6.07 Å². The summed E-state index contributed by atoms with van der Waals surface area (Å²) in [6, 6.07) is 3.16. The molecule has 0 aromatic heterocycles. The van der Waals surface area contributed by atoms with Crippen molar-refractivity contribution in [2.45, 2.75) is 18.9 Å². The van der Waals surface area contributed by atoms with Crippen molar-refractivity contribution >= 4 is 11.8 Å². The van der Waals surface area contributed by atoms with E-state index in [0.717, 1.165) is 12.1 Å². The van der Waals surface area contributed by atoms with Gasteiger partial charge in [-0.2, -0.15) is 0 Å². The van der Waals surface area contributed by atoms with Crippen LogP contribution in [0.3, 0.4) is 0 Å². The molecule has 1 fully saturated rings. The van der Waals surface area contributed by atoms with Crippen molar-refractivity contribution in [2.75, 3.05) is 26.2 Å². The number of amides is 2. The molecule has 0 saturated carbocycles. The van der Waals surface area contributed by atoms with E-state index in [0.29, 0.717) is 25.9 Å². The molecule has 3 N–H and O–H groups in total. The molecule has 0 aliphatic carbocycles. The van der Waals surface area contributed by atoms with E-state index in [1.54, 1.807) is 4.90 Å². The third-order valence-electron chi connectivity index (χ3n) is 3.60. The Labute approximate surface area is 132 Å². The summed E-state index contributed by atoms with van der Waals surface area (Å²) in [5.41, 5.74) is 5.14. The number of piperidine rings is 1. The number of carbonyl (C=O) groups is 2. The molecule has 1 aliphatic heterocycles. The largest absolute Gasteiger partial charge is 0.487 e. The highest BCUT2D eigenvalue weighted by molar-refractivity contribution is 5.85. The molecule has 0 spiro atoms. The number of carbonyl (C=O) groups excluding carboxylic acids is 2. The maximum atomic E-state index is 13.5. The molecule has 126 valence electrons. The smallest absolute Gasteiger partial charge is 0.241 e. The Kier molecular flexibility index (Phi) is 5.86. The SMILES string of the molecule is NCC(=O)NCC(=O)N1CCC(Oc2ccc(F)cc2F)CC1. The quantitative estimate of drug-likeness (QED) is 0.820. The summed E-state index contributed by atoms with van der Waals surface area (Å²) < 4.78 is 31.9. The van der Waals surface area contributed by atoms with Crippen molar-refractivity contribution in [1.29, 1.82) is 0 Å². The second kappa shape index (κ2) is 7.87. The first-order valence-corrected chi connectivity index (χ1v) is 7.36. The zero-order valence-corrected chi connectivity index (χ0v) is 12.6. The van der Waals surface area contributed by atoms with Gasteiger partial charge in [0.05, 0.1) is 13.1 Å². The van der Waals surface area contributed by atoms with Gasteiger partial charge in [0.15, 0.2) is 11.6 Å². The maximum absolute atomic E-state index is 13.5. The lowest BCUT2D eigenvalue weighted by Crippen LogP contribution is -2.46. The summed E-state index contributed by atoms with van der Waals surface area (Å²) in [5.74, 6) is -1.98. The molecule has 1 saturated heterocycles. The van der Waals surface area contributed by atoms with Crippen LogP contribution in [-0.4, -0.2) is 49.0 Å². The zero-order chi connectivity index (χ0) is 16.8. The normalized spacial score (nSPS) is 15.3. The van der Waals surface area contributed by atoms with Crippen molar-refractivity contribution < 1.29 is 23.1 Å². The van der Waals surface area contributed by atoms with Gasteiger partial charge >= 0.3 is 0 Å². The lowest BCUT2D eigenvalue weighted by atomic mass is 10.1. The fourth-order valence-electron chi connectivity index (χ4n) is 2.33. The molecule has 0 radical (unpaired) electrons. The van der Waals surface area contributed by atoms with Crippen LogP contribution >= 0.6 is 0 Å². The van der Waals surface area contributed by atoms with E-state index in [9.17, 15) is 18.4 Å². The van der Waals surface area contributed by atoms with Crippen molar-refractivity contribution in [3.05, 3.63) is 29.8 Å². The number of hydrogen-bond donors (Lipinski definition) is 2. The Hall–Kier alpha value is -2.22. The van der Waals surface area contributed by atoms with Crippen molar-refractivity contribution in [3.63, 3.8) is 0 Å². The number of rotatable bonds is 5. The molecular formula is C15H19F2N3O3. The monoisotopic (exact) mass is 327 g/mol.